The van der Waals surface area contributed by atoms with E-state index < -0.39 is 29.9 Å². The number of morpholine rings is 1. The Morgan fingerprint density at radius 2 is 1.66 bits per heavy atom. The lowest BCUT2D eigenvalue weighted by atomic mass is 9.97. The van der Waals surface area contributed by atoms with Crippen LogP contribution in [0.15, 0.2) is 36.7 Å². The van der Waals surface area contributed by atoms with Gasteiger partial charge in [0, 0.05) is 43.9 Å². The molecule has 1 fully saturated rings. The van der Waals surface area contributed by atoms with E-state index in [1.54, 1.807) is 0 Å². The summed E-state index contributed by atoms with van der Waals surface area (Å²) in [6.07, 6.45) is -4.02. The van der Waals surface area contributed by atoms with Crippen LogP contribution in [0.5, 0.6) is 0 Å². The lowest BCUT2D eigenvalue weighted by Crippen LogP contribution is -2.46. The normalized spacial score (nSPS) is 16.9. The fourth-order valence-corrected chi connectivity index (χ4v) is 3.31. The number of anilines is 2. The first-order valence-electron chi connectivity index (χ1n) is 9.85. The van der Waals surface area contributed by atoms with Crippen LogP contribution in [-0.4, -0.2) is 70.4 Å². The minimum absolute atomic E-state index is 0.213. The van der Waals surface area contributed by atoms with Crippen molar-refractivity contribution in [3.8, 4) is 0 Å². The number of carbonyl (C=O) groups excluding carboxylic acids is 2. The molecule has 2 heterocycles. The van der Waals surface area contributed by atoms with Gasteiger partial charge in [-0.15, -0.1) is 0 Å². The lowest BCUT2D eigenvalue weighted by Gasteiger charge is -2.29. The SMILES string of the molecule is Cn1ccnc1C(O)(CC(=O)Nc1ccc(NC(=O)CN2CCOCC2)cc1)C(F)(F)F. The molecular weight excluding hydrogens is 431 g/mol. The molecule has 1 aromatic carbocycles. The van der Waals surface area contributed by atoms with Crippen LogP contribution < -0.4 is 10.6 Å². The molecule has 9 nitrogen and oxygen atoms in total. The van der Waals surface area contributed by atoms with Crippen molar-refractivity contribution in [3.05, 3.63) is 42.5 Å². The number of ether oxygens (including phenoxy) is 1. The van der Waals surface area contributed by atoms with Crippen molar-refractivity contribution in [2.24, 2.45) is 7.05 Å². The highest BCUT2D eigenvalue weighted by molar-refractivity contribution is 5.94. The van der Waals surface area contributed by atoms with E-state index in [0.29, 0.717) is 32.0 Å². The number of nitrogens with one attached hydrogen (secondary N) is 2. The lowest BCUT2D eigenvalue weighted by molar-refractivity contribution is -0.270. The molecule has 1 aliphatic heterocycles. The highest BCUT2D eigenvalue weighted by Gasteiger charge is 2.58. The molecule has 0 saturated carbocycles. The van der Waals surface area contributed by atoms with Gasteiger partial charge in [-0.25, -0.2) is 4.98 Å². The maximum atomic E-state index is 13.6. The molecule has 0 aliphatic carbocycles. The Morgan fingerprint density at radius 3 is 2.16 bits per heavy atom. The van der Waals surface area contributed by atoms with Gasteiger partial charge in [-0.05, 0) is 24.3 Å². The third-order valence-electron chi connectivity index (χ3n) is 5.00. The highest BCUT2D eigenvalue weighted by atomic mass is 19.4. The Kier molecular flexibility index (Phi) is 7.16. The number of hydrogen-bond donors (Lipinski definition) is 3. The molecule has 3 rings (SSSR count). The van der Waals surface area contributed by atoms with E-state index in [2.05, 4.69) is 15.6 Å². The molecule has 1 saturated heterocycles. The van der Waals surface area contributed by atoms with Crippen molar-refractivity contribution >= 4 is 23.2 Å². The smallest absolute Gasteiger partial charge is 0.379 e. The Labute approximate surface area is 182 Å². The average molecular weight is 455 g/mol. The van der Waals surface area contributed by atoms with Crippen LogP contribution >= 0.6 is 0 Å². The quantitative estimate of drug-likeness (QED) is 0.584. The topological polar surface area (TPSA) is 109 Å². The van der Waals surface area contributed by atoms with Gasteiger partial charge in [0.05, 0.1) is 26.2 Å². The van der Waals surface area contributed by atoms with Gasteiger partial charge >= 0.3 is 6.18 Å². The number of carbonyl (C=O) groups is 2. The molecule has 1 atom stereocenters. The zero-order chi connectivity index (χ0) is 23.4. The summed E-state index contributed by atoms with van der Waals surface area (Å²) in [7, 11) is 1.29. The van der Waals surface area contributed by atoms with Gasteiger partial charge in [0.15, 0.2) is 5.82 Å². The van der Waals surface area contributed by atoms with E-state index in [0.717, 1.165) is 10.8 Å². The van der Waals surface area contributed by atoms with Crippen LogP contribution in [-0.2, 0) is 27.0 Å². The number of aromatic nitrogens is 2. The number of benzene rings is 1. The third kappa shape index (κ3) is 5.64. The van der Waals surface area contributed by atoms with Crippen molar-refractivity contribution in [2.45, 2.75) is 18.2 Å². The first-order valence-corrected chi connectivity index (χ1v) is 9.85. The van der Waals surface area contributed by atoms with E-state index in [1.807, 2.05) is 4.90 Å². The van der Waals surface area contributed by atoms with Crippen LogP contribution in [0, 0.1) is 0 Å². The van der Waals surface area contributed by atoms with Crippen molar-refractivity contribution in [2.75, 3.05) is 43.5 Å². The summed E-state index contributed by atoms with van der Waals surface area (Å²) in [5, 5.41) is 15.3. The van der Waals surface area contributed by atoms with E-state index in [9.17, 15) is 27.9 Å². The average Bonchev–Trinajstić information content (AvgIpc) is 3.15. The Bertz CT molecular complexity index is 941. The van der Waals surface area contributed by atoms with Crippen molar-refractivity contribution in [3.63, 3.8) is 0 Å². The molecule has 32 heavy (non-hydrogen) atoms. The fraction of sp³-hybridized carbons (Fsp3) is 0.450. The Balaban J connectivity index is 1.59. The molecule has 0 radical (unpaired) electrons. The summed E-state index contributed by atoms with van der Waals surface area (Å²) in [5.74, 6) is -1.94. The van der Waals surface area contributed by atoms with Crippen molar-refractivity contribution in [1.29, 1.82) is 0 Å². The zero-order valence-corrected chi connectivity index (χ0v) is 17.4. The molecular formula is C20H24F3N5O4. The number of nitrogens with zero attached hydrogens (tertiary/aromatic N) is 3. The van der Waals surface area contributed by atoms with Gasteiger partial charge < -0.3 is 25.0 Å². The second-order valence-electron chi connectivity index (χ2n) is 7.46. The molecule has 1 aromatic heterocycles. The molecule has 0 spiro atoms. The molecule has 12 heteroatoms. The predicted octanol–water partition coefficient (Wildman–Crippen LogP) is 1.47. The molecule has 1 unspecified atom stereocenters. The summed E-state index contributed by atoms with van der Waals surface area (Å²) >= 11 is 0. The molecule has 2 amide bonds. The van der Waals surface area contributed by atoms with E-state index >= 15 is 0 Å². The number of imidazole rings is 1. The van der Waals surface area contributed by atoms with Gasteiger partial charge in [-0.1, -0.05) is 0 Å². The van der Waals surface area contributed by atoms with E-state index in [-0.39, 0.29) is 18.1 Å². The molecule has 174 valence electrons. The highest BCUT2D eigenvalue weighted by Crippen LogP contribution is 2.40. The van der Waals surface area contributed by atoms with Crippen LogP contribution in [0.25, 0.3) is 0 Å². The first-order chi connectivity index (χ1) is 15.1. The predicted molar refractivity (Wildman–Crippen MR) is 109 cm³/mol. The number of amides is 2. The molecule has 1 aliphatic rings. The van der Waals surface area contributed by atoms with E-state index in [4.69, 9.17) is 4.74 Å². The van der Waals surface area contributed by atoms with Crippen LogP contribution in [0.4, 0.5) is 24.5 Å². The largest absolute Gasteiger partial charge is 0.425 e. The molecule has 3 N–H and O–H groups in total. The van der Waals surface area contributed by atoms with Gasteiger partial charge in [-0.2, -0.15) is 13.2 Å². The van der Waals surface area contributed by atoms with Crippen molar-refractivity contribution < 1.29 is 32.6 Å². The molecule has 2 aromatic rings. The number of halogens is 3. The summed E-state index contributed by atoms with van der Waals surface area (Å²) in [4.78, 5) is 29.9. The van der Waals surface area contributed by atoms with E-state index in [1.165, 1.54) is 37.5 Å². The van der Waals surface area contributed by atoms with Crippen LogP contribution in [0.2, 0.25) is 0 Å². The summed E-state index contributed by atoms with van der Waals surface area (Å²) in [6, 6.07) is 5.91. The summed E-state index contributed by atoms with van der Waals surface area (Å²) in [5.41, 5.74) is -2.76. The minimum atomic E-state index is -5.11. The first kappa shape index (κ1) is 23.7. The Morgan fingerprint density at radius 1 is 1.09 bits per heavy atom. The minimum Gasteiger partial charge on any atom is -0.379 e. The summed E-state index contributed by atoms with van der Waals surface area (Å²) < 4.78 is 46.9. The third-order valence-corrected chi connectivity index (χ3v) is 5.00. The maximum Gasteiger partial charge on any atom is 0.425 e. The fourth-order valence-electron chi connectivity index (χ4n) is 3.31. The number of alkyl halides is 3. The molecule has 0 bridgehead atoms. The van der Waals surface area contributed by atoms with Gasteiger partial charge in [0.2, 0.25) is 17.4 Å². The number of aliphatic hydroxyl groups is 1. The number of aryl methyl sites for hydroxylation is 1. The monoisotopic (exact) mass is 455 g/mol. The standard InChI is InChI=1S/C20H24F3N5O4/c1-27-7-6-24-18(27)19(31,20(21,22)23)12-16(29)25-14-2-4-15(5-3-14)26-17(30)13-28-8-10-32-11-9-28/h2-7,31H,8-13H2,1H3,(H,25,29)(H,26,30). The zero-order valence-electron chi connectivity index (χ0n) is 17.4. The van der Waals surface area contributed by atoms with Crippen LogP contribution in [0.3, 0.4) is 0 Å². The number of rotatable bonds is 7. The maximum absolute atomic E-state index is 13.6. The van der Waals surface area contributed by atoms with Gasteiger partial charge in [-0.3, -0.25) is 14.5 Å². The Hall–Kier alpha value is -2.96. The van der Waals surface area contributed by atoms with Crippen molar-refractivity contribution in [1.82, 2.24) is 14.5 Å². The second-order valence-corrected chi connectivity index (χ2v) is 7.46. The van der Waals surface area contributed by atoms with Gasteiger partial charge in [0.25, 0.3) is 0 Å². The second kappa shape index (κ2) is 9.67. The summed E-state index contributed by atoms with van der Waals surface area (Å²) in [6.45, 7) is 2.70. The van der Waals surface area contributed by atoms with Crippen LogP contribution in [0.1, 0.15) is 12.2 Å². The van der Waals surface area contributed by atoms with Gasteiger partial charge in [0.1, 0.15) is 0 Å². The number of hydrogen-bond acceptors (Lipinski definition) is 6.